The molecule has 3 aromatic rings. The Hall–Kier alpha value is -2.49. The molecule has 0 saturated heterocycles. The van der Waals surface area contributed by atoms with Crippen molar-refractivity contribution in [3.63, 3.8) is 0 Å². The van der Waals surface area contributed by atoms with Crippen LogP contribution in [-0.2, 0) is 6.61 Å². The standard InChI is InChI=1S/C21H21N3OS2/c1-5-12-26-21(24(3)4)23-17-11-10-16(13-15(17)2)25-14-20-22-18-8-6-7-9-19(18)27-20/h1,6-11,13H,12,14H2,2-4H3. The Bertz CT molecular complexity index is 969. The zero-order valence-electron chi connectivity index (χ0n) is 15.6. The van der Waals surface area contributed by atoms with E-state index in [0.29, 0.717) is 12.4 Å². The highest BCUT2D eigenvalue weighted by atomic mass is 32.2. The topological polar surface area (TPSA) is 37.7 Å². The summed E-state index contributed by atoms with van der Waals surface area (Å²) in [6.07, 6.45) is 5.36. The van der Waals surface area contributed by atoms with Crippen LogP contribution >= 0.6 is 23.1 Å². The third kappa shape index (κ3) is 5.03. The Morgan fingerprint density at radius 2 is 2.11 bits per heavy atom. The maximum Gasteiger partial charge on any atom is 0.164 e. The van der Waals surface area contributed by atoms with E-state index in [1.165, 1.54) is 4.70 Å². The average Bonchev–Trinajstić information content (AvgIpc) is 3.07. The van der Waals surface area contributed by atoms with Crippen LogP contribution in [0.2, 0.25) is 0 Å². The van der Waals surface area contributed by atoms with E-state index >= 15 is 0 Å². The normalized spacial score (nSPS) is 11.4. The summed E-state index contributed by atoms with van der Waals surface area (Å²) in [6.45, 7) is 2.49. The van der Waals surface area contributed by atoms with Gasteiger partial charge < -0.3 is 9.64 Å². The van der Waals surface area contributed by atoms with Crippen molar-refractivity contribution < 1.29 is 4.74 Å². The number of aromatic nitrogens is 1. The van der Waals surface area contributed by atoms with Gasteiger partial charge in [-0.1, -0.05) is 29.8 Å². The largest absolute Gasteiger partial charge is 0.486 e. The minimum Gasteiger partial charge on any atom is -0.486 e. The Balaban J connectivity index is 1.71. The monoisotopic (exact) mass is 395 g/mol. The lowest BCUT2D eigenvalue weighted by atomic mass is 10.2. The number of terminal acetylenes is 1. The van der Waals surface area contributed by atoms with E-state index < -0.39 is 0 Å². The lowest BCUT2D eigenvalue weighted by Crippen LogP contribution is -2.18. The van der Waals surface area contributed by atoms with Crippen LogP contribution in [0.1, 0.15) is 10.6 Å². The van der Waals surface area contributed by atoms with Crippen molar-refractivity contribution in [1.82, 2.24) is 9.88 Å². The van der Waals surface area contributed by atoms with Gasteiger partial charge in [0.25, 0.3) is 0 Å². The molecule has 0 bridgehead atoms. The average molecular weight is 396 g/mol. The molecule has 3 rings (SSSR count). The maximum atomic E-state index is 5.93. The molecule has 0 atom stereocenters. The van der Waals surface area contributed by atoms with Gasteiger partial charge in [-0.3, -0.25) is 0 Å². The van der Waals surface area contributed by atoms with Crippen molar-refractivity contribution in [1.29, 1.82) is 0 Å². The zero-order valence-corrected chi connectivity index (χ0v) is 17.2. The second-order valence-corrected chi connectivity index (χ2v) is 8.15. The van der Waals surface area contributed by atoms with E-state index in [0.717, 1.165) is 32.7 Å². The first-order chi connectivity index (χ1) is 13.1. The van der Waals surface area contributed by atoms with Gasteiger partial charge in [-0.15, -0.1) is 17.8 Å². The first kappa shape index (κ1) is 19.3. The van der Waals surface area contributed by atoms with Crippen LogP contribution in [0.3, 0.4) is 0 Å². The van der Waals surface area contributed by atoms with Crippen LogP contribution in [0.15, 0.2) is 47.5 Å². The van der Waals surface area contributed by atoms with E-state index in [1.54, 1.807) is 23.1 Å². The first-order valence-electron chi connectivity index (χ1n) is 8.47. The molecule has 2 aromatic carbocycles. The molecule has 0 saturated carbocycles. The molecular weight excluding hydrogens is 374 g/mol. The van der Waals surface area contributed by atoms with Crippen LogP contribution < -0.4 is 4.74 Å². The summed E-state index contributed by atoms with van der Waals surface area (Å²) in [5.74, 6) is 4.04. The summed E-state index contributed by atoms with van der Waals surface area (Å²) in [4.78, 5) is 11.3. The molecule has 138 valence electrons. The number of hydrogen-bond donors (Lipinski definition) is 0. The van der Waals surface area contributed by atoms with Crippen molar-refractivity contribution in [2.45, 2.75) is 13.5 Å². The summed E-state index contributed by atoms with van der Waals surface area (Å²) in [7, 11) is 3.93. The van der Waals surface area contributed by atoms with Gasteiger partial charge in [0.2, 0.25) is 0 Å². The van der Waals surface area contributed by atoms with Gasteiger partial charge >= 0.3 is 0 Å². The molecule has 0 fully saturated rings. The minimum atomic E-state index is 0.461. The molecule has 4 nitrogen and oxygen atoms in total. The quantitative estimate of drug-likeness (QED) is 0.342. The predicted molar refractivity (Wildman–Crippen MR) is 117 cm³/mol. The Labute approximate surface area is 168 Å². The van der Waals surface area contributed by atoms with Crippen LogP contribution in [0.25, 0.3) is 10.2 Å². The molecular formula is C21H21N3OS2. The van der Waals surface area contributed by atoms with Crippen molar-refractivity contribution in [2.24, 2.45) is 4.99 Å². The van der Waals surface area contributed by atoms with Crippen molar-refractivity contribution in [3.05, 3.63) is 53.0 Å². The van der Waals surface area contributed by atoms with Crippen molar-refractivity contribution in [2.75, 3.05) is 19.8 Å². The SMILES string of the molecule is C#CCSC(=Nc1ccc(OCc2nc3ccccc3s2)cc1C)N(C)C. The number of fused-ring (bicyclic) bond motifs is 1. The van der Waals surface area contributed by atoms with E-state index in [2.05, 4.69) is 17.0 Å². The minimum absolute atomic E-state index is 0.461. The lowest BCUT2D eigenvalue weighted by Gasteiger charge is -2.15. The van der Waals surface area contributed by atoms with Gasteiger partial charge in [0.05, 0.1) is 21.7 Å². The fourth-order valence-corrected chi connectivity index (χ4v) is 3.95. The highest BCUT2D eigenvalue weighted by molar-refractivity contribution is 8.13. The molecule has 0 aliphatic heterocycles. The number of thiazole rings is 1. The molecule has 0 spiro atoms. The summed E-state index contributed by atoms with van der Waals surface area (Å²) >= 11 is 3.21. The number of amidine groups is 1. The van der Waals surface area contributed by atoms with Gasteiger partial charge in [-0.2, -0.15) is 0 Å². The Morgan fingerprint density at radius 3 is 2.81 bits per heavy atom. The molecule has 27 heavy (non-hydrogen) atoms. The summed E-state index contributed by atoms with van der Waals surface area (Å²) < 4.78 is 7.11. The summed E-state index contributed by atoms with van der Waals surface area (Å²) in [6, 6.07) is 14.0. The van der Waals surface area contributed by atoms with Crippen molar-refractivity contribution >= 4 is 44.2 Å². The summed E-state index contributed by atoms with van der Waals surface area (Å²) in [5, 5.41) is 1.86. The van der Waals surface area contributed by atoms with Crippen LogP contribution in [0, 0.1) is 19.3 Å². The lowest BCUT2D eigenvalue weighted by molar-refractivity contribution is 0.305. The van der Waals surface area contributed by atoms with E-state index in [-0.39, 0.29) is 0 Å². The second-order valence-electron chi connectivity index (χ2n) is 6.09. The van der Waals surface area contributed by atoms with Gasteiger partial charge in [0.15, 0.2) is 5.17 Å². The number of nitrogens with zero attached hydrogens (tertiary/aromatic N) is 3. The van der Waals surface area contributed by atoms with Gasteiger partial charge in [-0.05, 0) is 42.8 Å². The molecule has 0 aliphatic rings. The first-order valence-corrected chi connectivity index (χ1v) is 10.3. The third-order valence-electron chi connectivity index (χ3n) is 3.75. The molecule has 0 unspecified atom stereocenters. The highest BCUT2D eigenvalue weighted by Gasteiger charge is 2.07. The maximum absolute atomic E-state index is 5.93. The van der Waals surface area contributed by atoms with Crippen LogP contribution in [0.5, 0.6) is 5.75 Å². The van der Waals surface area contributed by atoms with Crippen LogP contribution in [-0.4, -0.2) is 34.9 Å². The number of benzene rings is 2. The number of rotatable bonds is 5. The Morgan fingerprint density at radius 1 is 1.30 bits per heavy atom. The molecule has 0 amide bonds. The smallest absolute Gasteiger partial charge is 0.164 e. The summed E-state index contributed by atoms with van der Waals surface area (Å²) in [5.41, 5.74) is 2.98. The molecule has 0 aliphatic carbocycles. The highest BCUT2D eigenvalue weighted by Crippen LogP contribution is 2.27. The fourth-order valence-electron chi connectivity index (χ4n) is 2.44. The van der Waals surface area contributed by atoms with Crippen LogP contribution in [0.4, 0.5) is 5.69 Å². The zero-order chi connectivity index (χ0) is 19.2. The van der Waals surface area contributed by atoms with Gasteiger partial charge in [0, 0.05) is 14.1 Å². The fraction of sp³-hybridized carbons (Fsp3) is 0.238. The predicted octanol–water partition coefficient (Wildman–Crippen LogP) is 5.10. The van der Waals surface area contributed by atoms with E-state index in [1.807, 2.05) is 62.3 Å². The number of hydrogen-bond acceptors (Lipinski definition) is 5. The molecule has 1 aromatic heterocycles. The number of para-hydroxylation sites is 1. The molecule has 0 radical (unpaired) electrons. The molecule has 6 heteroatoms. The van der Waals surface area contributed by atoms with Crippen molar-refractivity contribution in [3.8, 4) is 18.1 Å². The number of ether oxygens (including phenoxy) is 1. The molecule has 0 N–H and O–H groups in total. The Kier molecular flexibility index (Phi) is 6.38. The number of aliphatic imine (C=N–C) groups is 1. The number of aryl methyl sites for hydroxylation is 1. The third-order valence-corrected chi connectivity index (χ3v) is 5.79. The van der Waals surface area contributed by atoms with Gasteiger partial charge in [0.1, 0.15) is 17.4 Å². The van der Waals surface area contributed by atoms with E-state index in [4.69, 9.17) is 16.2 Å². The molecule has 1 heterocycles. The number of thioether (sulfide) groups is 1. The van der Waals surface area contributed by atoms with Gasteiger partial charge in [-0.25, -0.2) is 9.98 Å². The second kappa shape index (κ2) is 8.94. The van der Waals surface area contributed by atoms with E-state index in [9.17, 15) is 0 Å².